The van der Waals surface area contributed by atoms with Gasteiger partial charge in [-0.3, -0.25) is 0 Å². The van der Waals surface area contributed by atoms with Gasteiger partial charge in [0.05, 0.1) is 10.8 Å². The third-order valence-electron chi connectivity index (χ3n) is 3.53. The number of hydrogen-bond acceptors (Lipinski definition) is 4. The molecular formula is C15H16IN5O2. The van der Waals surface area contributed by atoms with Crippen molar-refractivity contribution in [2.24, 2.45) is 14.1 Å². The van der Waals surface area contributed by atoms with Gasteiger partial charge < -0.3 is 9.30 Å². The van der Waals surface area contributed by atoms with Crippen LogP contribution in [0.1, 0.15) is 12.5 Å². The molecule has 7 nitrogen and oxygen atoms in total. The summed E-state index contributed by atoms with van der Waals surface area (Å²) in [6.45, 7) is 2.19. The zero-order valence-corrected chi connectivity index (χ0v) is 15.1. The predicted octanol–water partition coefficient (Wildman–Crippen LogP) is 1.80. The summed E-state index contributed by atoms with van der Waals surface area (Å²) in [6, 6.07) is 5.66. The van der Waals surface area contributed by atoms with E-state index in [1.54, 1.807) is 25.2 Å². The molecule has 0 fully saturated rings. The smallest absolute Gasteiger partial charge is 0.368 e. The number of halogens is 1. The van der Waals surface area contributed by atoms with Gasteiger partial charge in [0.2, 0.25) is 0 Å². The SMILES string of the molecule is [3H]c1ccc(OCc2c(-n3nnn(C)c3=O)cn(C)c2I)c(C)c1. The van der Waals surface area contributed by atoms with Crippen molar-refractivity contribution in [3.05, 3.63) is 55.8 Å². The third kappa shape index (κ3) is 2.90. The van der Waals surface area contributed by atoms with Crippen molar-refractivity contribution in [2.75, 3.05) is 0 Å². The summed E-state index contributed by atoms with van der Waals surface area (Å²) >= 11 is 2.21. The molecule has 0 aliphatic rings. The third-order valence-corrected chi connectivity index (χ3v) is 4.94. The average molecular weight is 427 g/mol. The molecule has 2 heterocycles. The second-order valence-electron chi connectivity index (χ2n) is 5.17. The minimum Gasteiger partial charge on any atom is -0.488 e. The van der Waals surface area contributed by atoms with Gasteiger partial charge >= 0.3 is 5.69 Å². The molecule has 3 rings (SSSR count). The highest BCUT2D eigenvalue weighted by atomic mass is 127. The Labute approximate surface area is 148 Å². The minimum absolute atomic E-state index is 0.287. The van der Waals surface area contributed by atoms with E-state index >= 15 is 0 Å². The molecule has 0 radical (unpaired) electrons. The Morgan fingerprint density at radius 2 is 2.13 bits per heavy atom. The highest BCUT2D eigenvalue weighted by molar-refractivity contribution is 14.1. The van der Waals surface area contributed by atoms with Gasteiger partial charge in [-0.1, -0.05) is 18.2 Å². The maximum Gasteiger partial charge on any atom is 0.368 e. The average Bonchev–Trinajstić information content (AvgIpc) is 3.00. The molecule has 0 bridgehead atoms. The summed E-state index contributed by atoms with van der Waals surface area (Å²) in [5.74, 6) is 0.711. The van der Waals surface area contributed by atoms with Crippen molar-refractivity contribution in [1.29, 1.82) is 0 Å². The van der Waals surface area contributed by atoms with E-state index in [-0.39, 0.29) is 12.3 Å². The first kappa shape index (κ1) is 14.5. The van der Waals surface area contributed by atoms with Gasteiger partial charge in [-0.2, -0.15) is 9.36 Å². The van der Waals surface area contributed by atoms with Gasteiger partial charge in [-0.15, -0.1) is 0 Å². The molecule has 0 saturated carbocycles. The van der Waals surface area contributed by atoms with Crippen molar-refractivity contribution in [1.82, 2.24) is 24.4 Å². The van der Waals surface area contributed by atoms with E-state index in [1.807, 2.05) is 24.7 Å². The first-order valence-corrected chi connectivity index (χ1v) is 7.99. The van der Waals surface area contributed by atoms with Gasteiger partial charge in [0.25, 0.3) is 0 Å². The van der Waals surface area contributed by atoms with Gasteiger partial charge in [-0.25, -0.2) is 4.79 Å². The molecule has 1 aromatic carbocycles. The monoisotopic (exact) mass is 427 g/mol. The Morgan fingerprint density at radius 3 is 2.78 bits per heavy atom. The molecule has 0 aliphatic heterocycles. The Kier molecular flexibility index (Phi) is 3.90. The van der Waals surface area contributed by atoms with Crippen LogP contribution in [0.3, 0.4) is 0 Å². The normalized spacial score (nSPS) is 11.6. The van der Waals surface area contributed by atoms with Crippen molar-refractivity contribution in [3.63, 3.8) is 0 Å². The van der Waals surface area contributed by atoms with E-state index in [0.29, 0.717) is 17.5 Å². The number of hydrogen-bond donors (Lipinski definition) is 0. The number of benzene rings is 1. The van der Waals surface area contributed by atoms with E-state index < -0.39 is 0 Å². The van der Waals surface area contributed by atoms with Crippen molar-refractivity contribution < 1.29 is 6.11 Å². The highest BCUT2D eigenvalue weighted by Gasteiger charge is 2.18. The Balaban J connectivity index is 1.96. The lowest BCUT2D eigenvalue weighted by atomic mass is 10.2. The van der Waals surface area contributed by atoms with Crippen LogP contribution < -0.4 is 10.4 Å². The van der Waals surface area contributed by atoms with E-state index in [2.05, 4.69) is 33.0 Å². The first-order chi connectivity index (χ1) is 11.4. The van der Waals surface area contributed by atoms with Crippen LogP contribution in [0.25, 0.3) is 5.69 Å². The largest absolute Gasteiger partial charge is 0.488 e. The molecule has 2 aromatic heterocycles. The number of para-hydroxylation sites is 1. The van der Waals surface area contributed by atoms with Crippen molar-refractivity contribution in [2.45, 2.75) is 13.5 Å². The summed E-state index contributed by atoms with van der Waals surface area (Å²) in [6.07, 6.45) is 1.83. The van der Waals surface area contributed by atoms with E-state index in [0.717, 1.165) is 14.8 Å². The molecule has 23 heavy (non-hydrogen) atoms. The summed E-state index contributed by atoms with van der Waals surface area (Å²) < 4.78 is 18.8. The molecule has 0 amide bonds. The van der Waals surface area contributed by atoms with Crippen LogP contribution in [-0.4, -0.2) is 24.4 Å². The molecule has 0 unspecified atom stereocenters. The number of aryl methyl sites for hydroxylation is 3. The number of tetrazole rings is 1. The molecule has 0 saturated heterocycles. The van der Waals surface area contributed by atoms with Crippen LogP contribution in [0.15, 0.2) is 35.2 Å². The molecule has 8 heteroatoms. The van der Waals surface area contributed by atoms with E-state index in [1.165, 1.54) is 9.36 Å². The summed E-state index contributed by atoms with van der Waals surface area (Å²) in [5, 5.41) is 7.66. The quantitative estimate of drug-likeness (QED) is 0.596. The lowest BCUT2D eigenvalue weighted by molar-refractivity contribution is 0.302. The molecule has 3 aromatic rings. The number of rotatable bonds is 4. The fraction of sp³-hybridized carbons (Fsp3) is 0.267. The lowest BCUT2D eigenvalue weighted by Crippen LogP contribution is -2.22. The molecule has 0 aliphatic carbocycles. The van der Waals surface area contributed by atoms with Crippen LogP contribution >= 0.6 is 22.6 Å². The fourth-order valence-corrected chi connectivity index (χ4v) is 2.80. The topological polar surface area (TPSA) is 66.9 Å². The second kappa shape index (κ2) is 6.19. The van der Waals surface area contributed by atoms with Crippen LogP contribution in [0.4, 0.5) is 0 Å². The van der Waals surface area contributed by atoms with Crippen LogP contribution in [0, 0.1) is 10.6 Å². The standard InChI is InChI=1S/C15H16IN5O2/c1-10-6-4-5-7-13(10)23-9-11-12(8-19(2)14(11)16)21-15(22)20(3)17-18-21/h4-8H,9H2,1-3H3/i4T. The summed E-state index contributed by atoms with van der Waals surface area (Å²) in [5.41, 5.74) is 2.09. The lowest BCUT2D eigenvalue weighted by Gasteiger charge is -2.09. The fourth-order valence-electron chi connectivity index (χ4n) is 2.23. The predicted molar refractivity (Wildman–Crippen MR) is 93.8 cm³/mol. The molecule has 0 atom stereocenters. The van der Waals surface area contributed by atoms with Crippen molar-refractivity contribution >= 4 is 22.6 Å². The van der Waals surface area contributed by atoms with Gasteiger partial charge in [-0.05, 0) is 51.6 Å². The summed E-state index contributed by atoms with van der Waals surface area (Å²) in [7, 11) is 3.46. The number of ether oxygens (including phenoxy) is 1. The maximum atomic E-state index is 12.1. The van der Waals surface area contributed by atoms with Gasteiger partial charge in [0.1, 0.15) is 12.4 Å². The zero-order valence-electron chi connectivity index (χ0n) is 13.9. The van der Waals surface area contributed by atoms with Crippen LogP contribution in [0.2, 0.25) is 0 Å². The van der Waals surface area contributed by atoms with E-state index in [4.69, 9.17) is 6.11 Å². The second-order valence-corrected chi connectivity index (χ2v) is 6.19. The number of nitrogens with zero attached hydrogens (tertiary/aromatic N) is 5. The molecule has 0 N–H and O–H groups in total. The van der Waals surface area contributed by atoms with Crippen LogP contribution in [0.5, 0.6) is 5.75 Å². The van der Waals surface area contributed by atoms with Crippen molar-refractivity contribution in [3.8, 4) is 11.4 Å². The van der Waals surface area contributed by atoms with Crippen LogP contribution in [-0.2, 0) is 20.7 Å². The molecular weight excluding hydrogens is 409 g/mol. The molecule has 0 spiro atoms. The maximum absolute atomic E-state index is 12.1. The number of aromatic nitrogens is 5. The highest BCUT2D eigenvalue weighted by Crippen LogP contribution is 2.24. The Hall–Kier alpha value is -2.10. The molecule has 120 valence electrons. The minimum atomic E-state index is -0.312. The summed E-state index contributed by atoms with van der Waals surface area (Å²) in [4.78, 5) is 12.1. The van der Waals surface area contributed by atoms with E-state index in [9.17, 15) is 4.79 Å². The Morgan fingerprint density at radius 1 is 1.35 bits per heavy atom. The van der Waals surface area contributed by atoms with Gasteiger partial charge in [0, 0.05) is 25.9 Å². The van der Waals surface area contributed by atoms with Gasteiger partial charge in [0.15, 0.2) is 0 Å². The Bertz CT molecular complexity index is 959. The zero-order chi connectivity index (χ0) is 17.4. The first-order valence-electron chi connectivity index (χ1n) is 7.41.